The summed E-state index contributed by atoms with van der Waals surface area (Å²) in [6.07, 6.45) is 11.9. The molecule has 2 nitrogen and oxygen atoms in total. The number of nitrogens with zero attached hydrogens (tertiary/aromatic N) is 2. The van der Waals surface area contributed by atoms with E-state index in [4.69, 9.17) is 0 Å². The van der Waals surface area contributed by atoms with E-state index < -0.39 is 0 Å². The van der Waals surface area contributed by atoms with Crippen molar-refractivity contribution in [2.75, 3.05) is 0 Å². The van der Waals surface area contributed by atoms with Crippen LogP contribution < -0.4 is 0 Å². The molecule has 0 unspecified atom stereocenters. The highest BCUT2D eigenvalue weighted by atomic mass is 15.0. The summed E-state index contributed by atoms with van der Waals surface area (Å²) in [5.41, 5.74) is 4.37. The molecule has 2 heterocycles. The summed E-state index contributed by atoms with van der Waals surface area (Å²) in [5, 5.41) is 0. The monoisotopic (exact) mass is 158 g/mol. The molecule has 2 aliphatic rings. The number of aromatic nitrogens is 2. The lowest BCUT2D eigenvalue weighted by molar-refractivity contribution is 0.846. The Hall–Kier alpha value is -1.31. The second-order valence-corrected chi connectivity index (χ2v) is 3.38. The minimum Gasteiger partial charge on any atom is -0.310 e. The number of hydrogen-bond donors (Lipinski definition) is 0. The molecule has 0 amide bonds. The van der Waals surface area contributed by atoms with Crippen LogP contribution in [0, 0.1) is 0 Å². The fourth-order valence-electron chi connectivity index (χ4n) is 1.69. The maximum absolute atomic E-state index is 4.12. The van der Waals surface area contributed by atoms with Crippen molar-refractivity contribution in [1.29, 1.82) is 0 Å². The lowest BCUT2D eigenvalue weighted by Crippen LogP contribution is -2.02. The van der Waals surface area contributed by atoms with Crippen LogP contribution in [-0.4, -0.2) is 9.55 Å². The van der Waals surface area contributed by atoms with Crippen LogP contribution in [0.1, 0.15) is 18.5 Å². The highest BCUT2D eigenvalue weighted by Crippen LogP contribution is 2.33. The molecule has 12 heavy (non-hydrogen) atoms. The van der Waals surface area contributed by atoms with Gasteiger partial charge in [0, 0.05) is 18.1 Å². The van der Waals surface area contributed by atoms with Gasteiger partial charge in [0.2, 0.25) is 0 Å². The van der Waals surface area contributed by atoms with E-state index in [9.17, 15) is 0 Å². The van der Waals surface area contributed by atoms with Crippen LogP contribution in [0.2, 0.25) is 0 Å². The lowest BCUT2D eigenvalue weighted by Gasteiger charge is -2.12. The summed E-state index contributed by atoms with van der Waals surface area (Å²) in [4.78, 5) is 4.12. The van der Waals surface area contributed by atoms with E-state index >= 15 is 0 Å². The number of aryl methyl sites for hydroxylation is 1. The first kappa shape index (κ1) is 6.23. The second kappa shape index (κ2) is 2.09. The van der Waals surface area contributed by atoms with Gasteiger partial charge in [0.05, 0.1) is 6.33 Å². The van der Waals surface area contributed by atoms with E-state index in [0.29, 0.717) is 0 Å². The normalized spacial score (nSPS) is 19.7. The fourth-order valence-corrected chi connectivity index (χ4v) is 1.69. The first-order valence-corrected chi connectivity index (χ1v) is 4.34. The van der Waals surface area contributed by atoms with Gasteiger partial charge in [0.25, 0.3) is 0 Å². The predicted molar refractivity (Wildman–Crippen MR) is 47.5 cm³/mol. The van der Waals surface area contributed by atoms with E-state index in [1.54, 1.807) is 0 Å². The summed E-state index contributed by atoms with van der Waals surface area (Å²) >= 11 is 0. The maximum atomic E-state index is 4.12. The molecule has 0 saturated heterocycles. The molecule has 0 saturated carbocycles. The van der Waals surface area contributed by atoms with Gasteiger partial charge in [0.15, 0.2) is 0 Å². The Bertz CT molecular complexity index is 382. The minimum atomic E-state index is 1.14. The zero-order chi connectivity index (χ0) is 7.97. The number of hydrogen-bond acceptors (Lipinski definition) is 1. The first-order chi connectivity index (χ1) is 5.93. The fraction of sp³-hybridized carbons (Fsp3) is 0.300. The van der Waals surface area contributed by atoms with Crippen LogP contribution in [0.5, 0.6) is 0 Å². The summed E-state index contributed by atoms with van der Waals surface area (Å²) in [7, 11) is 0. The molecule has 1 aromatic heterocycles. The van der Waals surface area contributed by atoms with Gasteiger partial charge in [-0.1, -0.05) is 6.08 Å². The highest BCUT2D eigenvalue weighted by molar-refractivity contribution is 5.53. The molecule has 0 atom stereocenters. The van der Waals surface area contributed by atoms with Gasteiger partial charge in [-0.05, 0) is 30.4 Å². The molecule has 60 valence electrons. The van der Waals surface area contributed by atoms with Crippen LogP contribution in [0.15, 0.2) is 29.7 Å². The van der Waals surface area contributed by atoms with Gasteiger partial charge in [0.1, 0.15) is 0 Å². The van der Waals surface area contributed by atoms with Gasteiger partial charge in [-0.2, -0.15) is 0 Å². The molecule has 1 aliphatic carbocycles. The smallest absolute Gasteiger partial charge is 0.0989 e. The van der Waals surface area contributed by atoms with Crippen molar-refractivity contribution in [3.8, 4) is 0 Å². The largest absolute Gasteiger partial charge is 0.310 e. The van der Waals surface area contributed by atoms with Crippen LogP contribution >= 0.6 is 0 Å². The standard InChI is InChI=1S/C10H10N2/c1-2-8(1)9-3-4-10-5-11-7-12(10)6-9/h1,5-7H,2-4H2. The van der Waals surface area contributed by atoms with E-state index in [0.717, 1.165) is 6.42 Å². The predicted octanol–water partition coefficient (Wildman–Crippen LogP) is 2.00. The third-order valence-electron chi connectivity index (χ3n) is 2.51. The van der Waals surface area contributed by atoms with Crippen molar-refractivity contribution in [3.05, 3.63) is 35.4 Å². The van der Waals surface area contributed by atoms with Crippen LogP contribution in [0.25, 0.3) is 6.20 Å². The summed E-state index contributed by atoms with van der Waals surface area (Å²) < 4.78 is 2.14. The Labute approximate surface area is 71.2 Å². The van der Waals surface area contributed by atoms with Gasteiger partial charge >= 0.3 is 0 Å². The minimum absolute atomic E-state index is 1.14. The molecule has 0 N–H and O–H groups in total. The molecule has 1 aromatic rings. The third-order valence-corrected chi connectivity index (χ3v) is 2.51. The SMILES string of the molecule is C1=C(C2=Cn3cncc3CC2)C1. The highest BCUT2D eigenvalue weighted by Gasteiger charge is 2.17. The van der Waals surface area contributed by atoms with Crippen LogP contribution in [-0.2, 0) is 6.42 Å². The van der Waals surface area contributed by atoms with Gasteiger partial charge < -0.3 is 4.57 Å². The number of allylic oxidation sites excluding steroid dienone is 3. The Morgan fingerprint density at radius 2 is 2.17 bits per heavy atom. The third kappa shape index (κ3) is 0.843. The molecule has 1 aliphatic heterocycles. The van der Waals surface area contributed by atoms with E-state index in [1.807, 2.05) is 12.5 Å². The van der Waals surface area contributed by atoms with Gasteiger partial charge in [-0.3, -0.25) is 0 Å². The van der Waals surface area contributed by atoms with Crippen LogP contribution in [0.3, 0.4) is 0 Å². The molecular weight excluding hydrogens is 148 g/mol. The Morgan fingerprint density at radius 1 is 1.25 bits per heavy atom. The van der Waals surface area contributed by atoms with Crippen molar-refractivity contribution >= 4 is 6.20 Å². The molecule has 0 aromatic carbocycles. The van der Waals surface area contributed by atoms with Crippen molar-refractivity contribution < 1.29 is 0 Å². The molecule has 2 heteroatoms. The summed E-state index contributed by atoms with van der Waals surface area (Å²) in [6, 6.07) is 0. The van der Waals surface area contributed by atoms with E-state index in [1.165, 1.54) is 29.7 Å². The molecular formula is C10H10N2. The maximum Gasteiger partial charge on any atom is 0.0989 e. The van der Waals surface area contributed by atoms with E-state index in [-0.39, 0.29) is 0 Å². The Morgan fingerprint density at radius 3 is 3.00 bits per heavy atom. The van der Waals surface area contributed by atoms with Gasteiger partial charge in [-0.15, -0.1) is 0 Å². The second-order valence-electron chi connectivity index (χ2n) is 3.38. The molecule has 0 spiro atoms. The topological polar surface area (TPSA) is 17.8 Å². The molecule has 0 fully saturated rings. The number of fused-ring (bicyclic) bond motifs is 1. The Kier molecular flexibility index (Phi) is 1.09. The van der Waals surface area contributed by atoms with Crippen LogP contribution in [0.4, 0.5) is 0 Å². The average Bonchev–Trinajstić information content (AvgIpc) is 2.84. The van der Waals surface area contributed by atoms with E-state index in [2.05, 4.69) is 21.8 Å². The van der Waals surface area contributed by atoms with Crippen molar-refractivity contribution in [2.24, 2.45) is 0 Å². The average molecular weight is 158 g/mol. The zero-order valence-electron chi connectivity index (χ0n) is 6.83. The number of rotatable bonds is 1. The molecule has 3 rings (SSSR count). The lowest BCUT2D eigenvalue weighted by atomic mass is 10.0. The summed E-state index contributed by atoms with van der Waals surface area (Å²) in [6.45, 7) is 0. The summed E-state index contributed by atoms with van der Waals surface area (Å²) in [5.74, 6) is 0. The van der Waals surface area contributed by atoms with Gasteiger partial charge in [-0.25, -0.2) is 4.98 Å². The zero-order valence-corrected chi connectivity index (χ0v) is 6.83. The van der Waals surface area contributed by atoms with Crippen molar-refractivity contribution in [2.45, 2.75) is 19.3 Å². The quantitative estimate of drug-likeness (QED) is 0.611. The van der Waals surface area contributed by atoms with Crippen molar-refractivity contribution in [3.63, 3.8) is 0 Å². The Balaban J connectivity index is 2.05. The number of imidazole rings is 1. The van der Waals surface area contributed by atoms with Crippen molar-refractivity contribution in [1.82, 2.24) is 9.55 Å². The first-order valence-electron chi connectivity index (χ1n) is 4.34. The molecule has 0 bridgehead atoms. The molecule has 0 radical (unpaired) electrons.